The topological polar surface area (TPSA) is 66.5 Å². The van der Waals surface area contributed by atoms with Gasteiger partial charge in [0.1, 0.15) is 0 Å². The van der Waals surface area contributed by atoms with E-state index >= 15 is 0 Å². The molecule has 5 nitrogen and oxygen atoms in total. The summed E-state index contributed by atoms with van der Waals surface area (Å²) in [7, 11) is -3.52. The van der Waals surface area contributed by atoms with Crippen LogP contribution >= 0.6 is 0 Å². The molecule has 0 unspecified atom stereocenters. The molecule has 0 aliphatic heterocycles. The van der Waals surface area contributed by atoms with Gasteiger partial charge in [-0.3, -0.25) is 4.79 Å². The van der Waals surface area contributed by atoms with E-state index in [1.54, 1.807) is 12.1 Å². The SMILES string of the molecule is CCCN(CCC)S(=O)(=O)c1ccc(C(=O)NCCc2ccccc2)cc1. The highest BCUT2D eigenvalue weighted by Crippen LogP contribution is 2.17. The van der Waals surface area contributed by atoms with Crippen LogP contribution in [-0.4, -0.2) is 38.3 Å². The van der Waals surface area contributed by atoms with Crippen LogP contribution in [0.25, 0.3) is 0 Å². The number of hydrogen-bond acceptors (Lipinski definition) is 3. The molecule has 6 heteroatoms. The molecule has 1 N–H and O–H groups in total. The van der Waals surface area contributed by atoms with Crippen LogP contribution in [0.2, 0.25) is 0 Å². The van der Waals surface area contributed by atoms with Gasteiger partial charge in [-0.1, -0.05) is 44.2 Å². The Morgan fingerprint density at radius 1 is 0.926 bits per heavy atom. The number of sulfonamides is 1. The summed E-state index contributed by atoms with van der Waals surface area (Å²) < 4.78 is 27.0. The molecule has 0 saturated heterocycles. The van der Waals surface area contributed by atoms with Gasteiger partial charge in [0.2, 0.25) is 10.0 Å². The zero-order chi connectivity index (χ0) is 19.7. The highest BCUT2D eigenvalue weighted by molar-refractivity contribution is 7.89. The molecule has 0 spiro atoms. The van der Waals surface area contributed by atoms with Crippen LogP contribution in [0.5, 0.6) is 0 Å². The summed E-state index contributed by atoms with van der Waals surface area (Å²) in [5.41, 5.74) is 1.62. The lowest BCUT2D eigenvalue weighted by atomic mass is 10.1. The van der Waals surface area contributed by atoms with Crippen molar-refractivity contribution in [1.29, 1.82) is 0 Å². The summed E-state index contributed by atoms with van der Waals surface area (Å²) in [5.74, 6) is -0.200. The largest absolute Gasteiger partial charge is 0.352 e. The third kappa shape index (κ3) is 5.91. The molecule has 2 aromatic rings. The molecule has 0 fully saturated rings. The first-order valence-corrected chi connectivity index (χ1v) is 10.9. The second-order valence-electron chi connectivity index (χ2n) is 6.42. The molecule has 2 aromatic carbocycles. The number of amides is 1. The highest BCUT2D eigenvalue weighted by atomic mass is 32.2. The fourth-order valence-electron chi connectivity index (χ4n) is 2.85. The van der Waals surface area contributed by atoms with Crippen molar-refractivity contribution in [3.8, 4) is 0 Å². The lowest BCUT2D eigenvalue weighted by Crippen LogP contribution is -2.32. The van der Waals surface area contributed by atoms with Gasteiger partial charge in [-0.2, -0.15) is 4.31 Å². The number of carbonyl (C=O) groups is 1. The quantitative estimate of drug-likeness (QED) is 0.678. The zero-order valence-electron chi connectivity index (χ0n) is 16.0. The summed E-state index contributed by atoms with van der Waals surface area (Å²) in [6.45, 7) is 5.45. The van der Waals surface area contributed by atoms with Crippen molar-refractivity contribution in [3.05, 3.63) is 65.7 Å². The van der Waals surface area contributed by atoms with E-state index in [0.717, 1.165) is 24.8 Å². The molecule has 27 heavy (non-hydrogen) atoms. The minimum Gasteiger partial charge on any atom is -0.352 e. The first kappa shape index (κ1) is 21.1. The number of carbonyl (C=O) groups excluding carboxylic acids is 1. The van der Waals surface area contributed by atoms with Crippen molar-refractivity contribution in [1.82, 2.24) is 9.62 Å². The predicted molar refractivity (Wildman–Crippen MR) is 108 cm³/mol. The summed E-state index contributed by atoms with van der Waals surface area (Å²) in [6.07, 6.45) is 2.28. The Balaban J connectivity index is 1.99. The molecule has 0 heterocycles. The van der Waals surface area contributed by atoms with E-state index in [2.05, 4.69) is 5.32 Å². The van der Waals surface area contributed by atoms with Gasteiger partial charge in [0.25, 0.3) is 5.91 Å². The van der Waals surface area contributed by atoms with E-state index in [4.69, 9.17) is 0 Å². The summed E-state index contributed by atoms with van der Waals surface area (Å²) in [5, 5.41) is 2.87. The second-order valence-corrected chi connectivity index (χ2v) is 8.36. The van der Waals surface area contributed by atoms with Crippen molar-refractivity contribution >= 4 is 15.9 Å². The Kier molecular flexibility index (Phi) is 8.00. The van der Waals surface area contributed by atoms with Crippen molar-refractivity contribution in [2.24, 2.45) is 0 Å². The van der Waals surface area contributed by atoms with E-state index < -0.39 is 10.0 Å². The molecule has 0 saturated carbocycles. The number of benzene rings is 2. The van der Waals surface area contributed by atoms with E-state index in [-0.39, 0.29) is 10.8 Å². The lowest BCUT2D eigenvalue weighted by Gasteiger charge is -2.21. The first-order valence-electron chi connectivity index (χ1n) is 9.41. The Morgan fingerprint density at radius 3 is 2.07 bits per heavy atom. The van der Waals surface area contributed by atoms with Gasteiger partial charge in [-0.15, -0.1) is 0 Å². The maximum atomic E-state index is 12.7. The van der Waals surface area contributed by atoms with Gasteiger partial charge in [0.05, 0.1) is 4.90 Å². The molecule has 0 radical (unpaired) electrons. The van der Waals surface area contributed by atoms with Gasteiger partial charge in [-0.25, -0.2) is 8.42 Å². The Morgan fingerprint density at radius 2 is 1.52 bits per heavy atom. The van der Waals surface area contributed by atoms with Gasteiger partial charge < -0.3 is 5.32 Å². The van der Waals surface area contributed by atoms with Crippen LogP contribution in [0.1, 0.15) is 42.6 Å². The van der Waals surface area contributed by atoms with Gasteiger partial charge in [0, 0.05) is 25.2 Å². The molecular formula is C21H28N2O3S. The van der Waals surface area contributed by atoms with E-state index in [9.17, 15) is 13.2 Å². The first-order chi connectivity index (χ1) is 13.0. The van der Waals surface area contributed by atoms with Crippen molar-refractivity contribution in [2.75, 3.05) is 19.6 Å². The van der Waals surface area contributed by atoms with Crippen molar-refractivity contribution in [3.63, 3.8) is 0 Å². The minimum absolute atomic E-state index is 0.200. The van der Waals surface area contributed by atoms with E-state index in [0.29, 0.717) is 25.2 Å². The molecule has 0 atom stereocenters. The zero-order valence-corrected chi connectivity index (χ0v) is 16.8. The second kappa shape index (κ2) is 10.2. The Bertz CT molecular complexity index is 812. The van der Waals surface area contributed by atoms with Crippen LogP contribution < -0.4 is 5.32 Å². The van der Waals surface area contributed by atoms with Crippen LogP contribution in [-0.2, 0) is 16.4 Å². The molecule has 1 amide bonds. The molecule has 0 bridgehead atoms. The standard InChI is InChI=1S/C21H28N2O3S/c1-3-16-23(17-4-2)27(25,26)20-12-10-19(11-13-20)21(24)22-15-14-18-8-6-5-7-9-18/h5-13H,3-4,14-17H2,1-2H3,(H,22,24). The van der Waals surface area contributed by atoms with Crippen molar-refractivity contribution < 1.29 is 13.2 Å². The molecule has 0 aliphatic carbocycles. The highest BCUT2D eigenvalue weighted by Gasteiger charge is 2.23. The maximum absolute atomic E-state index is 12.7. The molecule has 0 aromatic heterocycles. The number of rotatable bonds is 10. The normalized spacial score (nSPS) is 11.5. The smallest absolute Gasteiger partial charge is 0.251 e. The van der Waals surface area contributed by atoms with Gasteiger partial charge >= 0.3 is 0 Å². The monoisotopic (exact) mass is 388 g/mol. The summed E-state index contributed by atoms with van der Waals surface area (Å²) in [6, 6.07) is 16.1. The average molecular weight is 389 g/mol. The van der Waals surface area contributed by atoms with Crippen LogP contribution in [0.4, 0.5) is 0 Å². The maximum Gasteiger partial charge on any atom is 0.251 e. The third-order valence-corrected chi connectivity index (χ3v) is 6.16. The molecule has 146 valence electrons. The van der Waals surface area contributed by atoms with Crippen LogP contribution in [0.3, 0.4) is 0 Å². The van der Waals surface area contributed by atoms with Crippen LogP contribution in [0, 0.1) is 0 Å². The van der Waals surface area contributed by atoms with Gasteiger partial charge in [0.15, 0.2) is 0 Å². The molecule has 0 aliphatic rings. The molecular weight excluding hydrogens is 360 g/mol. The van der Waals surface area contributed by atoms with E-state index in [1.807, 2.05) is 44.2 Å². The Hall–Kier alpha value is -2.18. The van der Waals surface area contributed by atoms with E-state index in [1.165, 1.54) is 16.4 Å². The number of hydrogen-bond donors (Lipinski definition) is 1. The van der Waals surface area contributed by atoms with Crippen LogP contribution in [0.15, 0.2) is 59.5 Å². The fourth-order valence-corrected chi connectivity index (χ4v) is 4.47. The van der Waals surface area contributed by atoms with Crippen molar-refractivity contribution in [2.45, 2.75) is 38.0 Å². The summed E-state index contributed by atoms with van der Waals surface area (Å²) >= 11 is 0. The predicted octanol–water partition coefficient (Wildman–Crippen LogP) is 3.47. The van der Waals surface area contributed by atoms with Gasteiger partial charge in [-0.05, 0) is 49.1 Å². The molecule has 2 rings (SSSR count). The average Bonchev–Trinajstić information content (AvgIpc) is 2.68. The fraction of sp³-hybridized carbons (Fsp3) is 0.381. The summed E-state index contributed by atoms with van der Waals surface area (Å²) in [4.78, 5) is 12.5. The third-order valence-electron chi connectivity index (χ3n) is 4.24. The number of nitrogens with one attached hydrogen (secondary N) is 1. The minimum atomic E-state index is -3.52. The number of nitrogens with zero attached hydrogens (tertiary/aromatic N) is 1. The lowest BCUT2D eigenvalue weighted by molar-refractivity contribution is 0.0954. The Labute approximate surface area is 162 Å².